The lowest BCUT2D eigenvalue weighted by Crippen LogP contribution is -2.22. The molecule has 230 valence electrons. The van der Waals surface area contributed by atoms with E-state index in [1.54, 1.807) is 0 Å². The Morgan fingerprint density at radius 3 is 1.67 bits per heavy atom. The van der Waals surface area contributed by atoms with Crippen LogP contribution in [0.15, 0.2) is 151 Å². The van der Waals surface area contributed by atoms with Crippen LogP contribution in [0.25, 0.3) is 78.1 Å². The summed E-state index contributed by atoms with van der Waals surface area (Å²) in [5.74, 6) is 0. The molecule has 0 spiro atoms. The van der Waals surface area contributed by atoms with Crippen molar-refractivity contribution in [3.8, 4) is 33.8 Å². The van der Waals surface area contributed by atoms with Crippen LogP contribution in [-0.2, 0) is 0 Å². The van der Waals surface area contributed by atoms with Crippen LogP contribution >= 0.6 is 0 Å². The lowest BCUT2D eigenvalue weighted by atomic mass is 9.82. The summed E-state index contributed by atoms with van der Waals surface area (Å²) in [5.41, 5.74) is 11.4. The summed E-state index contributed by atoms with van der Waals surface area (Å²) in [6, 6.07) is 48.5. The van der Waals surface area contributed by atoms with Gasteiger partial charge in [-0.2, -0.15) is 0 Å². The number of benzene rings is 5. The van der Waals surface area contributed by atoms with Gasteiger partial charge in [0.05, 0.1) is 39.3 Å². The van der Waals surface area contributed by atoms with Gasteiger partial charge in [-0.1, -0.05) is 133 Å². The van der Waals surface area contributed by atoms with Crippen LogP contribution in [0.4, 0.5) is 0 Å². The van der Waals surface area contributed by atoms with E-state index in [9.17, 15) is 5.21 Å². The molecule has 9 rings (SSSR count). The highest BCUT2D eigenvalue weighted by atomic mass is 16.4. The number of rotatable bonds is 4. The molecular weight excluding hydrogens is 603 g/mol. The van der Waals surface area contributed by atoms with Gasteiger partial charge in [0.1, 0.15) is 5.71 Å². The van der Waals surface area contributed by atoms with Gasteiger partial charge in [0.15, 0.2) is 0 Å². The predicted molar refractivity (Wildman–Crippen MR) is 199 cm³/mol. The van der Waals surface area contributed by atoms with Crippen molar-refractivity contribution in [1.29, 1.82) is 5.41 Å². The van der Waals surface area contributed by atoms with Crippen molar-refractivity contribution in [1.82, 2.24) is 15.0 Å². The Bertz CT molecular complexity index is 2660. The van der Waals surface area contributed by atoms with Gasteiger partial charge in [-0.05, 0) is 29.8 Å². The lowest BCUT2D eigenvalue weighted by molar-refractivity contribution is 0.320. The first-order valence-electron chi connectivity index (χ1n) is 16.0. The number of nitrogens with one attached hydrogen (secondary N) is 1. The maximum atomic E-state index is 10.3. The van der Waals surface area contributed by atoms with E-state index in [0.29, 0.717) is 11.1 Å². The van der Waals surface area contributed by atoms with Crippen LogP contribution in [0.5, 0.6) is 0 Å². The summed E-state index contributed by atoms with van der Waals surface area (Å²) in [5, 5.41) is 25.8. The monoisotopic (exact) mass is 629 g/mol. The van der Waals surface area contributed by atoms with Gasteiger partial charge in [0.25, 0.3) is 0 Å². The molecule has 1 aliphatic carbocycles. The highest BCUT2D eigenvalue weighted by Crippen LogP contribution is 2.39. The molecule has 3 heterocycles. The average Bonchev–Trinajstić information content (AvgIpc) is 3.17. The number of hydrogen-bond donors (Lipinski definition) is 2. The van der Waals surface area contributed by atoms with E-state index in [1.807, 2.05) is 84.9 Å². The largest absolute Gasteiger partial charge is 0.410 e. The van der Waals surface area contributed by atoms with Crippen molar-refractivity contribution in [2.24, 2.45) is 5.16 Å². The number of hydrogen-bond acceptors (Lipinski definition) is 6. The Labute approximate surface area is 281 Å². The third-order valence-corrected chi connectivity index (χ3v) is 9.19. The van der Waals surface area contributed by atoms with Crippen LogP contribution < -0.4 is 0 Å². The summed E-state index contributed by atoms with van der Waals surface area (Å²) in [6.45, 7) is 0. The van der Waals surface area contributed by atoms with Gasteiger partial charge < -0.3 is 5.21 Å². The first-order valence-corrected chi connectivity index (χ1v) is 16.0. The van der Waals surface area contributed by atoms with E-state index >= 15 is 0 Å². The number of aromatic nitrogens is 3. The van der Waals surface area contributed by atoms with Gasteiger partial charge in [-0.25, -0.2) is 15.0 Å². The molecular formula is C43H27N5O. The van der Waals surface area contributed by atoms with Crippen molar-refractivity contribution in [3.63, 3.8) is 0 Å². The molecule has 0 saturated carbocycles. The minimum atomic E-state index is 0.166. The van der Waals surface area contributed by atoms with Crippen LogP contribution in [0, 0.1) is 5.41 Å². The Morgan fingerprint density at radius 1 is 0.510 bits per heavy atom. The fourth-order valence-electron chi connectivity index (χ4n) is 6.75. The molecule has 49 heavy (non-hydrogen) atoms. The normalized spacial score (nSPS) is 13.6. The number of nitrogens with zero attached hydrogens (tertiary/aromatic N) is 4. The molecule has 6 nitrogen and oxygen atoms in total. The number of oxime groups is 1. The molecule has 2 N–H and O–H groups in total. The number of para-hydroxylation sites is 1. The van der Waals surface area contributed by atoms with E-state index in [4.69, 9.17) is 20.4 Å². The zero-order valence-electron chi connectivity index (χ0n) is 26.2. The molecule has 8 aromatic rings. The van der Waals surface area contributed by atoms with Crippen molar-refractivity contribution in [3.05, 3.63) is 162 Å². The quantitative estimate of drug-likeness (QED) is 0.115. The van der Waals surface area contributed by atoms with Gasteiger partial charge in [-0.15, -0.1) is 0 Å². The van der Waals surface area contributed by atoms with Crippen LogP contribution in [0.1, 0.15) is 16.7 Å². The van der Waals surface area contributed by atoms with Gasteiger partial charge >= 0.3 is 0 Å². The Morgan fingerprint density at radius 2 is 1.04 bits per heavy atom. The van der Waals surface area contributed by atoms with Crippen LogP contribution in [0.2, 0.25) is 0 Å². The second kappa shape index (κ2) is 11.5. The topological polar surface area (TPSA) is 95.1 Å². The zero-order chi connectivity index (χ0) is 32.9. The lowest BCUT2D eigenvalue weighted by Gasteiger charge is -2.23. The summed E-state index contributed by atoms with van der Waals surface area (Å²) >= 11 is 0. The van der Waals surface area contributed by atoms with Crippen molar-refractivity contribution >= 4 is 55.8 Å². The number of fused-ring (bicyclic) bond motifs is 6. The highest BCUT2D eigenvalue weighted by molar-refractivity contribution is 6.65. The standard InChI is InChI=1S/C43H27N5O/c44-39-33(26-9-3-1-4-10-26)25-34-38(43(39)48-49)32-13-7-8-14-37(32)47-40(34)29-17-15-28(16-18-29)36-24-22-31-20-19-30-21-23-35(27-11-5-2-6-12-27)45-41(30)42(31)46-36/h1-25,44,49H/b44-39?,48-43-. The molecule has 6 heteroatoms. The molecule has 5 aromatic carbocycles. The summed E-state index contributed by atoms with van der Waals surface area (Å²) in [4.78, 5) is 15.3. The SMILES string of the molecule is N=C1C(c2ccccc2)=Cc2c(-c3ccc(-c4ccc5ccc6ccc(-c7ccccc7)nc6c5n4)cc3)nc3ccccc3c2/C1=N/O. The smallest absolute Gasteiger partial charge is 0.136 e. The van der Waals surface area contributed by atoms with E-state index in [1.165, 1.54) is 0 Å². The molecule has 0 aliphatic heterocycles. The van der Waals surface area contributed by atoms with E-state index in [-0.39, 0.29) is 11.4 Å². The van der Waals surface area contributed by atoms with Crippen LogP contribution in [-0.4, -0.2) is 31.6 Å². The van der Waals surface area contributed by atoms with Gasteiger partial charge in [0.2, 0.25) is 0 Å². The fourth-order valence-corrected chi connectivity index (χ4v) is 6.75. The Kier molecular flexibility index (Phi) is 6.66. The minimum Gasteiger partial charge on any atom is -0.410 e. The first-order chi connectivity index (χ1) is 24.2. The second-order valence-corrected chi connectivity index (χ2v) is 12.1. The van der Waals surface area contributed by atoms with E-state index in [0.717, 1.165) is 77.6 Å². The molecule has 1 aliphatic rings. The van der Waals surface area contributed by atoms with Gasteiger partial charge in [-0.3, -0.25) is 5.41 Å². The molecule has 0 unspecified atom stereocenters. The highest BCUT2D eigenvalue weighted by Gasteiger charge is 2.29. The minimum absolute atomic E-state index is 0.166. The maximum absolute atomic E-state index is 10.3. The second-order valence-electron chi connectivity index (χ2n) is 12.1. The maximum Gasteiger partial charge on any atom is 0.136 e. The third kappa shape index (κ3) is 4.77. The molecule has 3 aromatic heterocycles. The molecule has 0 atom stereocenters. The van der Waals surface area contributed by atoms with Crippen molar-refractivity contribution in [2.45, 2.75) is 0 Å². The summed E-state index contributed by atoms with van der Waals surface area (Å²) < 4.78 is 0. The fraction of sp³-hybridized carbons (Fsp3) is 0. The van der Waals surface area contributed by atoms with Crippen LogP contribution in [0.3, 0.4) is 0 Å². The van der Waals surface area contributed by atoms with Gasteiger partial charge in [0, 0.05) is 49.5 Å². The molecule has 0 saturated heterocycles. The van der Waals surface area contributed by atoms with E-state index in [2.05, 4.69) is 71.9 Å². The van der Waals surface area contributed by atoms with E-state index < -0.39 is 0 Å². The average molecular weight is 630 g/mol. The molecule has 0 radical (unpaired) electrons. The molecule has 0 fully saturated rings. The van der Waals surface area contributed by atoms with Crippen molar-refractivity contribution < 1.29 is 5.21 Å². The Hall–Kier alpha value is -6.79. The van der Waals surface area contributed by atoms with Crippen molar-refractivity contribution in [2.75, 3.05) is 0 Å². The summed E-state index contributed by atoms with van der Waals surface area (Å²) in [7, 11) is 0. The summed E-state index contributed by atoms with van der Waals surface area (Å²) in [6.07, 6.45) is 2.00. The Balaban J connectivity index is 1.18. The zero-order valence-corrected chi connectivity index (χ0v) is 26.2. The predicted octanol–water partition coefficient (Wildman–Crippen LogP) is 10.1. The molecule has 0 bridgehead atoms. The number of pyridine rings is 3. The number of allylic oxidation sites excluding steroid dienone is 1. The first kappa shape index (κ1) is 28.4. The molecule has 0 amide bonds. The third-order valence-electron chi connectivity index (χ3n) is 9.19.